The van der Waals surface area contributed by atoms with Gasteiger partial charge in [0.05, 0.1) is 26.7 Å². The topological polar surface area (TPSA) is 0 Å². The van der Waals surface area contributed by atoms with Crippen LogP contribution in [0, 0.1) is 11.8 Å². The summed E-state index contributed by atoms with van der Waals surface area (Å²) in [7, 11) is 2.47. The van der Waals surface area contributed by atoms with Crippen molar-refractivity contribution in [1.82, 2.24) is 0 Å². The lowest BCUT2D eigenvalue weighted by Gasteiger charge is -2.38. The van der Waals surface area contributed by atoms with E-state index in [4.69, 9.17) is 0 Å². The number of quaternary nitrogens is 1. The van der Waals surface area contributed by atoms with E-state index < -0.39 is 0 Å². The molecule has 0 aromatic carbocycles. The van der Waals surface area contributed by atoms with Gasteiger partial charge in [0.25, 0.3) is 0 Å². The Balaban J connectivity index is 0.00000289. The lowest BCUT2D eigenvalue weighted by atomic mass is 9.96. The Labute approximate surface area is 132 Å². The van der Waals surface area contributed by atoms with Gasteiger partial charge in [-0.25, -0.2) is 0 Å². The Morgan fingerprint density at radius 2 is 1.50 bits per heavy atom. The summed E-state index contributed by atoms with van der Waals surface area (Å²) in [5.41, 5.74) is 0. The largest absolute Gasteiger partial charge is 1.00 e. The van der Waals surface area contributed by atoms with E-state index in [1.165, 1.54) is 69.1 Å². The van der Waals surface area contributed by atoms with E-state index >= 15 is 0 Å². The Morgan fingerprint density at radius 1 is 0.889 bits per heavy atom. The SMILES string of the molecule is CC(C)CCCC(C)CC[N+]1(C)CCCCC1.[I-]. The molecular weight excluding hydrogens is 333 g/mol. The lowest BCUT2D eigenvalue weighted by Crippen LogP contribution is -3.00. The van der Waals surface area contributed by atoms with Gasteiger partial charge in [-0.3, -0.25) is 0 Å². The Morgan fingerprint density at radius 3 is 2.06 bits per heavy atom. The highest BCUT2D eigenvalue weighted by molar-refractivity contribution is 4.58. The van der Waals surface area contributed by atoms with Crippen LogP contribution in [-0.2, 0) is 0 Å². The molecule has 0 aliphatic carbocycles. The summed E-state index contributed by atoms with van der Waals surface area (Å²) in [4.78, 5) is 0. The van der Waals surface area contributed by atoms with Crippen LogP contribution in [0.25, 0.3) is 0 Å². The molecule has 2 heteroatoms. The summed E-state index contributed by atoms with van der Waals surface area (Å²) < 4.78 is 1.36. The predicted octanol–water partition coefficient (Wildman–Crippen LogP) is 1.47. The molecule has 0 radical (unpaired) electrons. The zero-order valence-electron chi connectivity index (χ0n) is 13.1. The van der Waals surface area contributed by atoms with Crippen LogP contribution in [-0.4, -0.2) is 31.2 Å². The van der Waals surface area contributed by atoms with Gasteiger partial charge in [0, 0.05) is 0 Å². The molecule has 1 heterocycles. The van der Waals surface area contributed by atoms with Crippen molar-refractivity contribution in [1.29, 1.82) is 0 Å². The molecule has 0 spiro atoms. The molecule has 1 fully saturated rings. The average molecular weight is 367 g/mol. The van der Waals surface area contributed by atoms with Crippen LogP contribution >= 0.6 is 0 Å². The molecule has 1 rings (SSSR count). The smallest absolute Gasteiger partial charge is 0.0787 e. The fourth-order valence-corrected chi connectivity index (χ4v) is 3.05. The highest BCUT2D eigenvalue weighted by Gasteiger charge is 2.24. The third-order valence-electron chi connectivity index (χ3n) is 4.54. The number of hydrogen-bond acceptors (Lipinski definition) is 0. The fourth-order valence-electron chi connectivity index (χ4n) is 3.05. The van der Waals surface area contributed by atoms with E-state index in [1.807, 2.05) is 0 Å². The van der Waals surface area contributed by atoms with E-state index in [1.54, 1.807) is 0 Å². The minimum absolute atomic E-state index is 0. The van der Waals surface area contributed by atoms with Gasteiger partial charge in [0.15, 0.2) is 0 Å². The van der Waals surface area contributed by atoms with Crippen molar-refractivity contribution in [3.8, 4) is 0 Å². The zero-order chi connectivity index (χ0) is 12.7. The maximum absolute atomic E-state index is 2.47. The van der Waals surface area contributed by atoms with E-state index in [-0.39, 0.29) is 24.0 Å². The second kappa shape index (κ2) is 9.57. The van der Waals surface area contributed by atoms with Crippen molar-refractivity contribution in [2.45, 2.75) is 65.7 Å². The van der Waals surface area contributed by atoms with Crippen LogP contribution in [0.1, 0.15) is 65.7 Å². The number of nitrogens with zero attached hydrogens (tertiary/aromatic N) is 1. The van der Waals surface area contributed by atoms with Crippen molar-refractivity contribution in [3.05, 3.63) is 0 Å². The summed E-state index contributed by atoms with van der Waals surface area (Å²) >= 11 is 0. The predicted molar refractivity (Wildman–Crippen MR) is 77.1 cm³/mol. The molecular formula is C16H34IN. The first-order valence-electron chi connectivity index (χ1n) is 7.85. The van der Waals surface area contributed by atoms with Crippen LogP contribution in [0.15, 0.2) is 0 Å². The van der Waals surface area contributed by atoms with E-state index in [2.05, 4.69) is 27.8 Å². The van der Waals surface area contributed by atoms with Crippen molar-refractivity contribution >= 4 is 0 Å². The van der Waals surface area contributed by atoms with Crippen LogP contribution in [0.4, 0.5) is 0 Å². The maximum atomic E-state index is 2.47. The van der Waals surface area contributed by atoms with Crippen LogP contribution < -0.4 is 24.0 Å². The Hall–Kier alpha value is 0.690. The first-order chi connectivity index (χ1) is 8.02. The van der Waals surface area contributed by atoms with E-state index in [0.717, 1.165) is 11.8 Å². The molecule has 1 aliphatic heterocycles. The molecule has 1 saturated heterocycles. The number of hydrogen-bond donors (Lipinski definition) is 0. The molecule has 0 amide bonds. The van der Waals surface area contributed by atoms with Crippen molar-refractivity contribution in [2.75, 3.05) is 26.7 Å². The maximum Gasteiger partial charge on any atom is 0.0787 e. The number of piperidine rings is 1. The minimum atomic E-state index is 0. The minimum Gasteiger partial charge on any atom is -1.00 e. The van der Waals surface area contributed by atoms with Gasteiger partial charge in [0.1, 0.15) is 0 Å². The normalized spacial score (nSPS) is 20.5. The van der Waals surface area contributed by atoms with Gasteiger partial charge in [-0.2, -0.15) is 0 Å². The number of halogens is 1. The van der Waals surface area contributed by atoms with Crippen LogP contribution in [0.5, 0.6) is 0 Å². The third kappa shape index (κ3) is 7.98. The highest BCUT2D eigenvalue weighted by atomic mass is 127. The molecule has 0 saturated carbocycles. The second-order valence-corrected chi connectivity index (χ2v) is 7.07. The van der Waals surface area contributed by atoms with Gasteiger partial charge >= 0.3 is 0 Å². The van der Waals surface area contributed by atoms with Gasteiger partial charge in [-0.1, -0.05) is 40.0 Å². The molecule has 18 heavy (non-hydrogen) atoms. The standard InChI is InChI=1S/C16H34N.HI/c1-15(2)9-8-10-16(3)11-14-17(4)12-6-5-7-13-17;/h15-16H,5-14H2,1-4H3;1H/q+1;/p-1. The Kier molecular flexibility index (Phi) is 9.94. The summed E-state index contributed by atoms with van der Waals surface area (Å²) in [6, 6.07) is 0. The molecule has 1 atom stereocenters. The van der Waals surface area contributed by atoms with Crippen molar-refractivity contribution in [2.24, 2.45) is 11.8 Å². The van der Waals surface area contributed by atoms with Gasteiger partial charge in [-0.05, 0) is 37.5 Å². The summed E-state index contributed by atoms with van der Waals surface area (Å²) in [6.45, 7) is 11.4. The Bertz CT molecular complexity index is 197. The summed E-state index contributed by atoms with van der Waals surface area (Å²) in [5.74, 6) is 1.82. The summed E-state index contributed by atoms with van der Waals surface area (Å²) in [5, 5.41) is 0. The van der Waals surface area contributed by atoms with E-state index in [0.29, 0.717) is 0 Å². The molecule has 0 aromatic heterocycles. The van der Waals surface area contributed by atoms with Gasteiger partial charge < -0.3 is 28.5 Å². The van der Waals surface area contributed by atoms with E-state index in [9.17, 15) is 0 Å². The molecule has 1 aliphatic rings. The highest BCUT2D eigenvalue weighted by Crippen LogP contribution is 2.21. The zero-order valence-corrected chi connectivity index (χ0v) is 15.2. The van der Waals surface area contributed by atoms with Crippen LogP contribution in [0.3, 0.4) is 0 Å². The molecule has 0 aromatic rings. The quantitative estimate of drug-likeness (QED) is 0.472. The van der Waals surface area contributed by atoms with Gasteiger partial charge in [-0.15, -0.1) is 0 Å². The van der Waals surface area contributed by atoms with Crippen molar-refractivity contribution < 1.29 is 28.5 Å². The monoisotopic (exact) mass is 367 g/mol. The van der Waals surface area contributed by atoms with Crippen LogP contribution in [0.2, 0.25) is 0 Å². The second-order valence-electron chi connectivity index (χ2n) is 7.07. The summed E-state index contributed by atoms with van der Waals surface area (Å²) in [6.07, 6.45) is 10.1. The molecule has 0 N–H and O–H groups in total. The molecule has 0 bridgehead atoms. The molecule has 1 unspecified atom stereocenters. The van der Waals surface area contributed by atoms with Crippen molar-refractivity contribution in [3.63, 3.8) is 0 Å². The third-order valence-corrected chi connectivity index (χ3v) is 4.54. The average Bonchev–Trinajstić information content (AvgIpc) is 2.27. The van der Waals surface area contributed by atoms with Gasteiger partial charge in [0.2, 0.25) is 0 Å². The molecule has 1 nitrogen and oxygen atoms in total. The number of likely N-dealkylation sites (tertiary alicyclic amines) is 1. The first-order valence-corrected chi connectivity index (χ1v) is 7.85. The fraction of sp³-hybridized carbons (Fsp3) is 1.00. The lowest BCUT2D eigenvalue weighted by molar-refractivity contribution is -0.914. The first kappa shape index (κ1) is 18.7. The number of rotatable bonds is 7. The molecule has 110 valence electrons.